The number of carbonyl (C=O) groups is 12. The summed E-state index contributed by atoms with van der Waals surface area (Å²) in [7, 11) is -2.90. The van der Waals surface area contributed by atoms with Crippen LogP contribution >= 0.6 is 11.6 Å². The number of hydrogen-bond donors (Lipinski definition) is 7. The molecular formula is C61H83ClN8O20S. The minimum absolute atomic E-state index is 0.0413. The van der Waals surface area contributed by atoms with Gasteiger partial charge in [-0.25, -0.2) is 9.59 Å². The maximum absolute atomic E-state index is 14.0. The maximum Gasteiger partial charge on any atom is 0.347 e. The van der Waals surface area contributed by atoms with E-state index in [1.165, 1.54) is 26.2 Å². The molecule has 5 rings (SSSR count). The van der Waals surface area contributed by atoms with Crippen LogP contribution in [0.25, 0.3) is 0 Å². The molecule has 2 saturated heterocycles. The number of cyclic esters (lactones) is 2. The van der Waals surface area contributed by atoms with Crippen molar-refractivity contribution in [3.63, 3.8) is 0 Å². The molecule has 0 radical (unpaired) electrons. The van der Waals surface area contributed by atoms with E-state index in [0.717, 1.165) is 10.5 Å². The number of hydrogen-bond acceptors (Lipinski definition) is 19. The van der Waals surface area contributed by atoms with Crippen LogP contribution in [-0.2, 0) is 99.7 Å². The Hall–Kier alpha value is -8.02. The second kappa shape index (κ2) is 33.9. The highest BCUT2D eigenvalue weighted by Gasteiger charge is 2.48. The van der Waals surface area contributed by atoms with Crippen LogP contribution in [0.1, 0.15) is 130 Å². The van der Waals surface area contributed by atoms with Gasteiger partial charge in [0, 0.05) is 83.6 Å². The van der Waals surface area contributed by atoms with Crippen molar-refractivity contribution in [2.75, 3.05) is 39.0 Å². The average Bonchev–Trinajstić information content (AvgIpc) is 1.66. The second-order valence-corrected chi connectivity index (χ2v) is 25.9. The van der Waals surface area contributed by atoms with Crippen LogP contribution in [-0.4, -0.2) is 169 Å². The van der Waals surface area contributed by atoms with Gasteiger partial charge in [-0.3, -0.25) is 52.5 Å². The summed E-state index contributed by atoms with van der Waals surface area (Å²) in [6.45, 7) is 12.2. The molecule has 30 heteroatoms. The van der Waals surface area contributed by atoms with Crippen LogP contribution < -0.4 is 36.6 Å². The minimum atomic E-state index is -4.37. The van der Waals surface area contributed by atoms with Gasteiger partial charge in [-0.15, -0.1) is 5.06 Å². The van der Waals surface area contributed by atoms with Gasteiger partial charge in [0.05, 0.1) is 35.8 Å². The zero-order valence-corrected chi connectivity index (χ0v) is 54.0. The lowest BCUT2D eigenvalue weighted by molar-refractivity contribution is -0.197. The van der Waals surface area contributed by atoms with Crippen molar-refractivity contribution in [1.82, 2.24) is 41.9 Å². The van der Waals surface area contributed by atoms with E-state index in [4.69, 9.17) is 39.9 Å². The van der Waals surface area contributed by atoms with Crippen LogP contribution in [0.3, 0.4) is 0 Å². The third-order valence-electron chi connectivity index (χ3n) is 15.1. The molecule has 0 unspecified atom stereocenters. The monoisotopic (exact) mass is 1310 g/mol. The van der Waals surface area contributed by atoms with Crippen molar-refractivity contribution >= 4 is 92.8 Å². The number of benzene rings is 2. The lowest BCUT2D eigenvalue weighted by Gasteiger charge is -2.29. The average molecular weight is 1320 g/mol. The summed E-state index contributed by atoms with van der Waals surface area (Å²) < 4.78 is 54.4. The highest BCUT2D eigenvalue weighted by atomic mass is 35.5. The lowest BCUT2D eigenvalue weighted by atomic mass is 9.92. The Morgan fingerprint density at radius 2 is 1.49 bits per heavy atom. The highest BCUT2D eigenvalue weighted by molar-refractivity contribution is 7.85. The van der Waals surface area contributed by atoms with Gasteiger partial charge in [-0.2, -0.15) is 8.42 Å². The molecule has 2 aromatic carbocycles. The van der Waals surface area contributed by atoms with Gasteiger partial charge < -0.3 is 60.6 Å². The van der Waals surface area contributed by atoms with E-state index in [1.54, 1.807) is 58.0 Å². The van der Waals surface area contributed by atoms with Gasteiger partial charge >= 0.3 is 17.9 Å². The quantitative estimate of drug-likeness (QED) is 0.0278. The third-order valence-corrected chi connectivity index (χ3v) is 16.1. The van der Waals surface area contributed by atoms with Gasteiger partial charge in [0.1, 0.15) is 36.1 Å². The Morgan fingerprint density at radius 1 is 0.835 bits per heavy atom. The summed E-state index contributed by atoms with van der Waals surface area (Å²) in [5.41, 5.74) is 0.770. The van der Waals surface area contributed by atoms with Crippen LogP contribution in [0.5, 0.6) is 5.75 Å². The predicted molar refractivity (Wildman–Crippen MR) is 324 cm³/mol. The first-order valence-electron chi connectivity index (χ1n) is 29.9. The molecule has 0 saturated carbocycles. The second-order valence-electron chi connectivity index (χ2n) is 23.9. The normalized spacial score (nSPS) is 21.0. The first kappa shape index (κ1) is 73.7. The standard InChI is InChI=1S/C61H83ClN8O20S/c1-34(2)29-45-59(81)87-43(11-10-12-47(72)67-42(31-39-15-18-44(86-9)41(62)30-39)57(79)65-33-61(7,8)60(82)88-45)36(5)54-55(89-54)40-16-13-38(14-17-40)32-64-56(78)37(6)66-58(80)53(35(3)4)68-48(73)23-26-69(27-24-52(77)90-70-50(75)21-22-51(70)76)49(74)20-19-46(71)63-25-28-91(83,84)85/h10,12-18,30,34-37,42-43,45,53-55H,11,19-29,31-33H2,1-9H3,(H,63,71)(H,64,78)(H,65,79)(H,66,80)(H,67,72)(H,68,73)(H,83,84,85)/b12-10+/t36-,37-,42+,43-,45-,53-,54+,55+/m0/s1. The van der Waals surface area contributed by atoms with Crippen molar-refractivity contribution in [1.29, 1.82) is 0 Å². The van der Waals surface area contributed by atoms with E-state index in [1.807, 2.05) is 32.9 Å². The summed E-state index contributed by atoms with van der Waals surface area (Å²) >= 11 is 6.38. The molecule has 3 aliphatic heterocycles. The topological polar surface area (TPSA) is 387 Å². The Labute approximate surface area is 533 Å². The third kappa shape index (κ3) is 23.6. The number of ether oxygens (including phenoxy) is 4. The van der Waals surface area contributed by atoms with E-state index in [-0.39, 0.29) is 64.2 Å². The lowest BCUT2D eigenvalue weighted by Crippen LogP contribution is -2.54. The first-order valence-corrected chi connectivity index (χ1v) is 31.9. The molecule has 28 nitrogen and oxygen atoms in total. The first-order chi connectivity index (χ1) is 42.7. The van der Waals surface area contributed by atoms with E-state index >= 15 is 0 Å². The Kier molecular flexibility index (Phi) is 27.4. The molecule has 0 aliphatic carbocycles. The number of halogens is 1. The number of carbonyl (C=O) groups excluding carboxylic acids is 12. The molecule has 3 aliphatic rings. The van der Waals surface area contributed by atoms with Gasteiger partial charge in [0.15, 0.2) is 6.10 Å². The predicted octanol–water partition coefficient (Wildman–Crippen LogP) is 2.39. The van der Waals surface area contributed by atoms with E-state index in [2.05, 4.69) is 31.9 Å². The fraction of sp³-hybridized carbons (Fsp3) is 0.574. The van der Waals surface area contributed by atoms with Crippen molar-refractivity contribution in [2.45, 2.75) is 162 Å². The van der Waals surface area contributed by atoms with Gasteiger partial charge in [0.25, 0.3) is 21.9 Å². The van der Waals surface area contributed by atoms with E-state index < -0.39 is 179 Å². The number of esters is 2. The van der Waals surface area contributed by atoms with E-state index in [9.17, 15) is 66.0 Å². The summed E-state index contributed by atoms with van der Waals surface area (Å²) in [5.74, 6) is -10.0. The molecule has 9 amide bonds. The Bertz CT molecular complexity index is 3140. The van der Waals surface area contributed by atoms with Gasteiger partial charge in [-0.05, 0) is 73.9 Å². The number of methoxy groups -OCH3 is 1. The number of nitrogens with one attached hydrogen (secondary N) is 6. The molecule has 0 spiro atoms. The van der Waals surface area contributed by atoms with Gasteiger partial charge in [0.2, 0.25) is 41.4 Å². The van der Waals surface area contributed by atoms with Crippen molar-refractivity contribution in [3.8, 4) is 5.75 Å². The van der Waals surface area contributed by atoms with Crippen molar-refractivity contribution in [2.24, 2.45) is 23.2 Å². The maximum atomic E-state index is 14.0. The molecule has 0 bridgehead atoms. The Balaban J connectivity index is 1.17. The summed E-state index contributed by atoms with van der Waals surface area (Å²) in [4.78, 5) is 163. The van der Waals surface area contributed by atoms with Crippen molar-refractivity contribution in [3.05, 3.63) is 76.3 Å². The summed E-state index contributed by atoms with van der Waals surface area (Å²) in [6, 6.07) is 8.81. The molecule has 8 atom stereocenters. The number of epoxide rings is 1. The number of imide groups is 1. The zero-order valence-electron chi connectivity index (χ0n) is 52.5. The van der Waals surface area contributed by atoms with Crippen molar-refractivity contribution < 1.29 is 94.3 Å². The van der Waals surface area contributed by atoms with Gasteiger partial charge in [-0.1, -0.05) is 82.6 Å². The van der Waals surface area contributed by atoms with Crippen LogP contribution in [0.15, 0.2) is 54.6 Å². The van der Waals surface area contributed by atoms with Crippen LogP contribution in [0, 0.1) is 23.2 Å². The fourth-order valence-corrected chi connectivity index (χ4v) is 10.2. The largest absolute Gasteiger partial charge is 0.495 e. The number of rotatable bonds is 28. The minimum Gasteiger partial charge on any atom is -0.495 e. The number of hydroxylamine groups is 2. The number of nitrogens with zero attached hydrogens (tertiary/aromatic N) is 2. The number of amides is 9. The van der Waals surface area contributed by atoms with Crippen LogP contribution in [0.4, 0.5) is 0 Å². The molecular weight excluding hydrogens is 1230 g/mol. The summed E-state index contributed by atoms with van der Waals surface area (Å²) in [5, 5.41) is 16.4. The highest BCUT2D eigenvalue weighted by Crippen LogP contribution is 2.45. The molecule has 2 aromatic rings. The molecule has 2 fully saturated rings. The molecule has 3 heterocycles. The SMILES string of the molecule is COc1ccc(C[C@H]2NC(=O)/C=C/C[C@@H]([C@H](C)[C@H]3O[C@@H]3c3ccc(CNC(=O)[C@H](C)NC(=O)[C@@H](NC(=O)CCN(CCC(=O)ON4C(=O)CCC4=O)C(=O)CCC(=O)NCCS(=O)(=O)O)C(C)C)cc3)OC(=O)[C@H](CC(C)C)OC(=O)C(C)(C)CNC2=O)cc1Cl. The Morgan fingerprint density at radius 3 is 2.12 bits per heavy atom. The molecule has 7 N–H and O–H groups in total. The van der Waals surface area contributed by atoms with Crippen LogP contribution in [0.2, 0.25) is 5.02 Å². The smallest absolute Gasteiger partial charge is 0.347 e. The molecule has 0 aromatic heterocycles. The molecule has 91 heavy (non-hydrogen) atoms. The fourth-order valence-electron chi connectivity index (χ4n) is 9.55. The zero-order chi connectivity index (χ0) is 67.5. The molecule has 500 valence electrons. The van der Waals surface area contributed by atoms with E-state index in [0.29, 0.717) is 27.0 Å². The summed E-state index contributed by atoms with van der Waals surface area (Å²) in [6.07, 6.45) is -2.20.